The van der Waals surface area contributed by atoms with Crippen molar-refractivity contribution in [1.82, 2.24) is 15.1 Å². The summed E-state index contributed by atoms with van der Waals surface area (Å²) in [6.45, 7) is 2.65. The Morgan fingerprint density at radius 2 is 2.30 bits per heavy atom. The van der Waals surface area contributed by atoms with E-state index in [1.165, 1.54) is 12.8 Å². The molecule has 1 fully saturated rings. The van der Waals surface area contributed by atoms with Crippen molar-refractivity contribution in [3.63, 3.8) is 0 Å². The van der Waals surface area contributed by atoms with Crippen LogP contribution in [0.3, 0.4) is 0 Å². The summed E-state index contributed by atoms with van der Waals surface area (Å²) < 4.78 is 1.73. The van der Waals surface area contributed by atoms with E-state index in [1.54, 1.807) is 10.9 Å². The Bertz CT molecular complexity index is 646. The summed E-state index contributed by atoms with van der Waals surface area (Å²) in [5.74, 6) is 0.616. The Labute approximate surface area is 122 Å². The molecule has 0 unspecified atom stereocenters. The van der Waals surface area contributed by atoms with Crippen molar-refractivity contribution in [2.75, 3.05) is 6.54 Å². The van der Waals surface area contributed by atoms with Crippen LogP contribution < -0.4 is 5.32 Å². The minimum absolute atomic E-state index is 0.0531. The van der Waals surface area contributed by atoms with Crippen LogP contribution in [0.4, 0.5) is 0 Å². The van der Waals surface area contributed by atoms with E-state index in [1.807, 2.05) is 31.2 Å². The number of aromatic nitrogens is 2. The highest BCUT2D eigenvalue weighted by atomic mass is 35.5. The van der Waals surface area contributed by atoms with Crippen LogP contribution in [0.15, 0.2) is 30.5 Å². The van der Waals surface area contributed by atoms with Crippen LogP contribution in [-0.2, 0) is 0 Å². The molecule has 0 spiro atoms. The molecule has 0 saturated heterocycles. The Hall–Kier alpha value is -1.81. The van der Waals surface area contributed by atoms with Gasteiger partial charge in [0.1, 0.15) is 0 Å². The maximum absolute atomic E-state index is 12.1. The molecule has 20 heavy (non-hydrogen) atoms. The number of hydrogen-bond acceptors (Lipinski definition) is 2. The smallest absolute Gasteiger partial charge is 0.254 e. The first kappa shape index (κ1) is 13.2. The van der Waals surface area contributed by atoms with Crippen LogP contribution in [0.5, 0.6) is 0 Å². The van der Waals surface area contributed by atoms with E-state index < -0.39 is 0 Å². The first-order valence-electron chi connectivity index (χ1n) is 6.74. The average Bonchev–Trinajstić information content (AvgIpc) is 3.18. The summed E-state index contributed by atoms with van der Waals surface area (Å²) >= 11 is 5.99. The monoisotopic (exact) mass is 289 g/mol. The van der Waals surface area contributed by atoms with Crippen LogP contribution in [0.2, 0.25) is 5.02 Å². The fourth-order valence-corrected chi connectivity index (χ4v) is 2.34. The highest BCUT2D eigenvalue weighted by Gasteiger charge is 2.23. The molecule has 5 heteroatoms. The van der Waals surface area contributed by atoms with E-state index in [9.17, 15) is 4.79 Å². The van der Waals surface area contributed by atoms with Crippen molar-refractivity contribution in [3.05, 3.63) is 46.7 Å². The van der Waals surface area contributed by atoms with E-state index in [2.05, 4.69) is 10.4 Å². The van der Waals surface area contributed by atoms with Crippen molar-refractivity contribution in [1.29, 1.82) is 0 Å². The minimum atomic E-state index is -0.0531. The van der Waals surface area contributed by atoms with Gasteiger partial charge in [-0.15, -0.1) is 0 Å². The maximum atomic E-state index is 12.1. The summed E-state index contributed by atoms with van der Waals surface area (Å²) in [6.07, 6.45) is 4.06. The van der Waals surface area contributed by atoms with Gasteiger partial charge in [0.15, 0.2) is 0 Å². The summed E-state index contributed by atoms with van der Waals surface area (Å²) in [5.41, 5.74) is 2.29. The first-order valence-corrected chi connectivity index (χ1v) is 7.11. The third kappa shape index (κ3) is 2.70. The molecule has 1 aromatic heterocycles. The molecule has 1 aliphatic carbocycles. The maximum Gasteiger partial charge on any atom is 0.254 e. The summed E-state index contributed by atoms with van der Waals surface area (Å²) in [4.78, 5) is 12.1. The van der Waals surface area contributed by atoms with Gasteiger partial charge in [-0.25, -0.2) is 4.68 Å². The fraction of sp³-hybridized carbons (Fsp3) is 0.333. The number of amides is 1. The first-order chi connectivity index (χ1) is 9.65. The number of carbonyl (C=O) groups is 1. The molecule has 3 rings (SSSR count). The Morgan fingerprint density at radius 3 is 3.00 bits per heavy atom. The number of benzene rings is 1. The van der Waals surface area contributed by atoms with Crippen LogP contribution >= 0.6 is 11.6 Å². The molecule has 4 nitrogen and oxygen atoms in total. The topological polar surface area (TPSA) is 46.9 Å². The highest BCUT2D eigenvalue weighted by Crippen LogP contribution is 2.27. The van der Waals surface area contributed by atoms with Crippen LogP contribution in [0, 0.1) is 12.8 Å². The van der Waals surface area contributed by atoms with Crippen LogP contribution in [-0.4, -0.2) is 22.2 Å². The molecule has 104 valence electrons. The Morgan fingerprint density at radius 1 is 1.50 bits per heavy atom. The molecular formula is C15H16ClN3O. The van der Waals surface area contributed by atoms with E-state index in [0.717, 1.165) is 17.9 Å². The number of halogens is 1. The molecule has 1 aromatic carbocycles. The zero-order valence-electron chi connectivity index (χ0n) is 11.3. The highest BCUT2D eigenvalue weighted by molar-refractivity contribution is 6.30. The van der Waals surface area contributed by atoms with E-state index in [-0.39, 0.29) is 5.91 Å². The van der Waals surface area contributed by atoms with Gasteiger partial charge in [0.2, 0.25) is 0 Å². The second-order valence-electron chi connectivity index (χ2n) is 5.19. The Kier molecular flexibility index (Phi) is 3.49. The fourth-order valence-electron chi connectivity index (χ4n) is 2.15. The van der Waals surface area contributed by atoms with Crippen molar-refractivity contribution in [2.45, 2.75) is 19.8 Å². The largest absolute Gasteiger partial charge is 0.352 e. The Balaban J connectivity index is 1.82. The van der Waals surface area contributed by atoms with Crippen LogP contribution in [0.25, 0.3) is 5.69 Å². The predicted octanol–water partition coefficient (Wildman–Crippen LogP) is 2.97. The third-order valence-corrected chi connectivity index (χ3v) is 3.79. The van der Waals surface area contributed by atoms with E-state index >= 15 is 0 Å². The van der Waals surface area contributed by atoms with Gasteiger partial charge in [-0.1, -0.05) is 17.7 Å². The molecular weight excluding hydrogens is 274 g/mol. The SMILES string of the molecule is Cc1c(C(=O)NCC2CC2)cnn1-c1cccc(Cl)c1. The number of carbonyl (C=O) groups excluding carboxylic acids is 1. The summed E-state index contributed by atoms with van der Waals surface area (Å²) in [5, 5.41) is 7.90. The lowest BCUT2D eigenvalue weighted by Gasteiger charge is -2.06. The number of nitrogens with zero attached hydrogens (tertiary/aromatic N) is 2. The molecule has 0 atom stereocenters. The number of hydrogen-bond donors (Lipinski definition) is 1. The minimum Gasteiger partial charge on any atom is -0.352 e. The van der Waals surface area contributed by atoms with Crippen molar-refractivity contribution >= 4 is 17.5 Å². The molecule has 1 amide bonds. The van der Waals surface area contributed by atoms with Gasteiger partial charge in [-0.05, 0) is 43.9 Å². The van der Waals surface area contributed by atoms with Gasteiger partial charge in [-0.2, -0.15) is 5.10 Å². The normalized spacial score (nSPS) is 14.3. The standard InChI is InChI=1S/C15H16ClN3O/c1-10-14(15(20)17-8-11-5-6-11)9-18-19(10)13-4-2-3-12(16)7-13/h2-4,7,9,11H,5-6,8H2,1H3,(H,17,20). The van der Waals surface area contributed by atoms with Gasteiger partial charge >= 0.3 is 0 Å². The van der Waals surface area contributed by atoms with Gasteiger partial charge in [0, 0.05) is 11.6 Å². The van der Waals surface area contributed by atoms with Crippen molar-refractivity contribution in [3.8, 4) is 5.69 Å². The van der Waals surface area contributed by atoms with Gasteiger partial charge in [-0.3, -0.25) is 4.79 Å². The molecule has 1 N–H and O–H groups in total. The molecule has 1 aliphatic rings. The molecule has 0 bridgehead atoms. The molecule has 2 aromatic rings. The van der Waals surface area contributed by atoms with E-state index in [0.29, 0.717) is 16.5 Å². The second-order valence-corrected chi connectivity index (χ2v) is 5.63. The summed E-state index contributed by atoms with van der Waals surface area (Å²) in [6, 6.07) is 7.42. The molecule has 0 radical (unpaired) electrons. The molecule has 0 aliphatic heterocycles. The number of rotatable bonds is 4. The van der Waals surface area contributed by atoms with Gasteiger partial charge in [0.25, 0.3) is 5.91 Å². The van der Waals surface area contributed by atoms with E-state index in [4.69, 9.17) is 11.6 Å². The average molecular weight is 290 g/mol. The lowest BCUT2D eigenvalue weighted by atomic mass is 10.2. The lowest BCUT2D eigenvalue weighted by Crippen LogP contribution is -2.25. The zero-order valence-corrected chi connectivity index (χ0v) is 12.0. The van der Waals surface area contributed by atoms with Crippen LogP contribution in [0.1, 0.15) is 28.9 Å². The third-order valence-electron chi connectivity index (χ3n) is 3.56. The predicted molar refractivity (Wildman–Crippen MR) is 78.4 cm³/mol. The van der Waals surface area contributed by atoms with Crippen molar-refractivity contribution in [2.24, 2.45) is 5.92 Å². The molecule has 1 saturated carbocycles. The summed E-state index contributed by atoms with van der Waals surface area (Å²) in [7, 11) is 0. The zero-order chi connectivity index (χ0) is 14.1. The van der Waals surface area contributed by atoms with Gasteiger partial charge < -0.3 is 5.32 Å². The molecule has 1 heterocycles. The number of nitrogens with one attached hydrogen (secondary N) is 1. The van der Waals surface area contributed by atoms with Gasteiger partial charge in [0.05, 0.1) is 23.1 Å². The quantitative estimate of drug-likeness (QED) is 0.940. The van der Waals surface area contributed by atoms with Crippen molar-refractivity contribution < 1.29 is 4.79 Å². The lowest BCUT2D eigenvalue weighted by molar-refractivity contribution is 0.0951. The second kappa shape index (κ2) is 5.29.